The first-order valence-electron chi connectivity index (χ1n) is 13.5. The number of aliphatic carboxylic acids is 1. The van der Waals surface area contributed by atoms with E-state index in [9.17, 15) is 14.7 Å². The summed E-state index contributed by atoms with van der Waals surface area (Å²) in [4.78, 5) is 32.3. The van der Waals surface area contributed by atoms with E-state index in [1.54, 1.807) is 21.0 Å². The zero-order valence-corrected chi connectivity index (χ0v) is 25.1. The smallest absolute Gasteiger partial charge is 0.411 e. The van der Waals surface area contributed by atoms with Crippen molar-refractivity contribution in [3.05, 3.63) is 57.7 Å². The molecule has 0 bridgehead atoms. The first kappa shape index (κ1) is 29.3. The van der Waals surface area contributed by atoms with Crippen LogP contribution in [0.4, 0.5) is 4.79 Å². The third kappa shape index (κ3) is 6.09. The van der Waals surface area contributed by atoms with E-state index in [-0.39, 0.29) is 6.61 Å². The summed E-state index contributed by atoms with van der Waals surface area (Å²) in [6.45, 7) is 9.61. The highest BCUT2D eigenvalue weighted by Gasteiger charge is 2.59. The van der Waals surface area contributed by atoms with Crippen molar-refractivity contribution in [3.8, 4) is 5.88 Å². The highest BCUT2D eigenvalue weighted by atomic mass is 79.9. The van der Waals surface area contributed by atoms with Crippen LogP contribution in [-0.4, -0.2) is 52.4 Å². The fourth-order valence-electron chi connectivity index (χ4n) is 5.80. The highest BCUT2D eigenvalue weighted by molar-refractivity contribution is 9.10. The minimum absolute atomic E-state index is 0.161. The molecule has 9 heteroatoms. The van der Waals surface area contributed by atoms with Crippen LogP contribution in [0.3, 0.4) is 0 Å². The van der Waals surface area contributed by atoms with Gasteiger partial charge in [-0.2, -0.15) is 0 Å². The van der Waals surface area contributed by atoms with Crippen molar-refractivity contribution in [1.29, 1.82) is 0 Å². The SMILES string of the molecule is COc1ncc(C2CCC2)cc1CO[C@H]1[C@H](C(C)(C)C)[C@@H](C(=O)O)N(C(=O)OC(C)C)[C@H]1c1ccccc1Br. The largest absolute Gasteiger partial charge is 0.481 e. The normalized spacial score (nSPS) is 23.5. The van der Waals surface area contributed by atoms with Gasteiger partial charge in [-0.3, -0.25) is 4.90 Å². The first-order chi connectivity index (χ1) is 18.4. The van der Waals surface area contributed by atoms with Gasteiger partial charge in [0.05, 0.1) is 32.0 Å². The summed E-state index contributed by atoms with van der Waals surface area (Å²) < 4.78 is 18.6. The van der Waals surface area contributed by atoms with Crippen LogP contribution in [0.5, 0.6) is 5.88 Å². The Balaban J connectivity index is 1.80. The third-order valence-electron chi connectivity index (χ3n) is 7.78. The minimum atomic E-state index is -1.15. The molecule has 1 saturated carbocycles. The Morgan fingerprint density at radius 1 is 1.21 bits per heavy atom. The number of hydrogen-bond donors (Lipinski definition) is 1. The van der Waals surface area contributed by atoms with Crippen molar-refractivity contribution < 1.29 is 28.9 Å². The Morgan fingerprint density at radius 2 is 1.90 bits per heavy atom. The number of pyridine rings is 1. The lowest BCUT2D eigenvalue weighted by Gasteiger charge is -2.35. The number of halogens is 1. The van der Waals surface area contributed by atoms with E-state index in [0.29, 0.717) is 11.8 Å². The van der Waals surface area contributed by atoms with Gasteiger partial charge < -0.3 is 19.3 Å². The lowest BCUT2D eigenvalue weighted by Crippen LogP contribution is -2.47. The van der Waals surface area contributed by atoms with Crippen LogP contribution in [0, 0.1) is 11.3 Å². The summed E-state index contributed by atoms with van der Waals surface area (Å²) >= 11 is 3.64. The Bertz CT molecular complexity index is 1190. The summed E-state index contributed by atoms with van der Waals surface area (Å²) in [6.07, 6.45) is 3.62. The van der Waals surface area contributed by atoms with Crippen molar-refractivity contribution >= 4 is 28.0 Å². The number of amides is 1. The molecule has 1 aromatic carbocycles. The zero-order chi connectivity index (χ0) is 28.5. The maximum Gasteiger partial charge on any atom is 0.411 e. The number of benzene rings is 1. The minimum Gasteiger partial charge on any atom is -0.481 e. The number of carbonyl (C=O) groups excluding carboxylic acids is 1. The summed E-state index contributed by atoms with van der Waals surface area (Å²) in [5, 5.41) is 10.5. The number of carboxylic acids is 1. The topological polar surface area (TPSA) is 98.2 Å². The van der Waals surface area contributed by atoms with Crippen LogP contribution in [0.25, 0.3) is 0 Å². The standard InChI is InChI=1S/C30H39BrN2O6/c1-17(2)39-29(36)33-24(21-12-7-8-13-22(21)31)26(23(30(3,4)5)25(33)28(34)35)38-16-20-14-19(18-10-9-11-18)15-32-27(20)37-6/h7-8,12-15,17-18,23-26H,9-11,16H2,1-6H3,(H,34,35)/t23-,24+,25+,26+/m1/s1. The van der Waals surface area contributed by atoms with Gasteiger partial charge in [-0.15, -0.1) is 0 Å². The second kappa shape index (κ2) is 11.8. The number of ether oxygens (including phenoxy) is 3. The molecule has 1 aromatic heterocycles. The Kier molecular flexibility index (Phi) is 8.91. The Hall–Kier alpha value is -2.65. The van der Waals surface area contributed by atoms with E-state index in [1.165, 1.54) is 11.3 Å². The van der Waals surface area contributed by atoms with Crippen LogP contribution < -0.4 is 4.74 Å². The molecule has 2 fully saturated rings. The summed E-state index contributed by atoms with van der Waals surface area (Å²) in [5.41, 5.74) is 2.20. The van der Waals surface area contributed by atoms with E-state index in [2.05, 4.69) is 27.0 Å². The second-order valence-corrected chi connectivity index (χ2v) is 12.7. The molecular formula is C30H39BrN2O6. The zero-order valence-electron chi connectivity index (χ0n) is 23.5. The van der Waals surface area contributed by atoms with Gasteiger partial charge in [0, 0.05) is 22.2 Å². The lowest BCUT2D eigenvalue weighted by atomic mass is 9.73. The number of carbonyl (C=O) groups is 2. The average Bonchev–Trinajstić information content (AvgIpc) is 3.17. The van der Waals surface area contributed by atoms with E-state index in [0.717, 1.165) is 34.0 Å². The van der Waals surface area contributed by atoms with Crippen LogP contribution in [0.15, 0.2) is 41.0 Å². The van der Waals surface area contributed by atoms with Crippen molar-refractivity contribution in [2.75, 3.05) is 7.11 Å². The molecule has 8 nitrogen and oxygen atoms in total. The van der Waals surface area contributed by atoms with Crippen LogP contribution in [-0.2, 0) is 20.9 Å². The number of methoxy groups -OCH3 is 1. The Labute approximate surface area is 239 Å². The Morgan fingerprint density at radius 3 is 2.44 bits per heavy atom. The molecule has 2 heterocycles. The van der Waals surface area contributed by atoms with Crippen molar-refractivity contribution in [2.45, 2.75) is 90.7 Å². The van der Waals surface area contributed by atoms with Gasteiger partial charge in [-0.05, 0) is 61.3 Å². The van der Waals surface area contributed by atoms with Crippen LogP contribution >= 0.6 is 15.9 Å². The lowest BCUT2D eigenvalue weighted by molar-refractivity contribution is -0.145. The van der Waals surface area contributed by atoms with Gasteiger partial charge in [0.2, 0.25) is 5.88 Å². The molecule has 1 amide bonds. The molecule has 39 heavy (non-hydrogen) atoms. The van der Waals surface area contributed by atoms with Gasteiger partial charge in [-0.25, -0.2) is 14.6 Å². The molecule has 1 saturated heterocycles. The van der Waals surface area contributed by atoms with Crippen LogP contribution in [0.1, 0.15) is 82.5 Å². The monoisotopic (exact) mass is 602 g/mol. The first-order valence-corrected chi connectivity index (χ1v) is 14.3. The van der Waals surface area contributed by atoms with Gasteiger partial charge >= 0.3 is 12.1 Å². The van der Waals surface area contributed by atoms with E-state index in [1.807, 2.05) is 51.2 Å². The van der Waals surface area contributed by atoms with Gasteiger partial charge in [0.15, 0.2) is 0 Å². The molecule has 2 aromatic rings. The maximum atomic E-state index is 13.6. The van der Waals surface area contributed by atoms with Crippen LogP contribution in [0.2, 0.25) is 0 Å². The molecule has 4 atom stereocenters. The van der Waals surface area contributed by atoms with E-state index < -0.39 is 47.7 Å². The molecule has 0 spiro atoms. The average molecular weight is 604 g/mol. The summed E-state index contributed by atoms with van der Waals surface area (Å²) in [7, 11) is 1.58. The molecule has 0 radical (unpaired) electrons. The summed E-state index contributed by atoms with van der Waals surface area (Å²) in [5.74, 6) is -0.668. The number of hydrogen-bond acceptors (Lipinski definition) is 6. The number of carboxylic acid groups (broad SMARTS) is 1. The molecule has 4 rings (SSSR count). The maximum absolute atomic E-state index is 13.6. The molecular weight excluding hydrogens is 564 g/mol. The van der Waals surface area contributed by atoms with E-state index >= 15 is 0 Å². The fourth-order valence-corrected chi connectivity index (χ4v) is 6.32. The highest BCUT2D eigenvalue weighted by Crippen LogP contribution is 2.51. The molecule has 0 unspecified atom stereocenters. The third-order valence-corrected chi connectivity index (χ3v) is 8.50. The number of likely N-dealkylation sites (tertiary alicyclic amines) is 1. The van der Waals surface area contributed by atoms with Crippen molar-refractivity contribution in [1.82, 2.24) is 9.88 Å². The molecule has 212 valence electrons. The second-order valence-electron chi connectivity index (χ2n) is 11.8. The summed E-state index contributed by atoms with van der Waals surface area (Å²) in [6, 6.07) is 7.76. The fraction of sp³-hybridized carbons (Fsp3) is 0.567. The number of aromatic nitrogens is 1. The quantitative estimate of drug-likeness (QED) is 0.358. The van der Waals surface area contributed by atoms with Crippen molar-refractivity contribution in [2.24, 2.45) is 11.3 Å². The van der Waals surface area contributed by atoms with Gasteiger partial charge in [-0.1, -0.05) is 61.3 Å². The molecule has 1 aliphatic heterocycles. The van der Waals surface area contributed by atoms with Gasteiger partial charge in [0.25, 0.3) is 0 Å². The number of nitrogens with zero attached hydrogens (tertiary/aromatic N) is 2. The van der Waals surface area contributed by atoms with Gasteiger partial charge in [0.1, 0.15) is 6.04 Å². The van der Waals surface area contributed by atoms with E-state index in [4.69, 9.17) is 14.2 Å². The van der Waals surface area contributed by atoms with Crippen molar-refractivity contribution in [3.63, 3.8) is 0 Å². The number of rotatable bonds is 8. The predicted molar refractivity (Wildman–Crippen MR) is 151 cm³/mol. The molecule has 1 N–H and O–H groups in total. The predicted octanol–water partition coefficient (Wildman–Crippen LogP) is 6.72. The molecule has 1 aliphatic carbocycles. The molecule has 2 aliphatic rings.